The van der Waals surface area contributed by atoms with Crippen molar-refractivity contribution in [3.63, 3.8) is 0 Å². The molecular formula is C10H18ClNO2. The van der Waals surface area contributed by atoms with E-state index in [1.54, 1.807) is 0 Å². The van der Waals surface area contributed by atoms with E-state index in [-0.39, 0.29) is 12.4 Å². The van der Waals surface area contributed by atoms with Crippen molar-refractivity contribution in [2.24, 2.45) is 5.92 Å². The molecule has 2 fully saturated rings. The Morgan fingerprint density at radius 1 is 1.36 bits per heavy atom. The molecule has 0 aromatic carbocycles. The fraction of sp³-hybridized carbons (Fsp3) is 0.900. The van der Waals surface area contributed by atoms with Crippen LogP contribution in [0.5, 0.6) is 0 Å². The first-order valence-corrected chi connectivity index (χ1v) is 5.19. The molecular weight excluding hydrogens is 202 g/mol. The van der Waals surface area contributed by atoms with Crippen molar-refractivity contribution in [1.82, 2.24) is 4.90 Å². The molecule has 1 aliphatic carbocycles. The summed E-state index contributed by atoms with van der Waals surface area (Å²) in [4.78, 5) is 13.7. The molecule has 0 aromatic rings. The SMILES string of the molecule is Cl.O=C1CCCC1CN1CCOCC1. The normalized spacial score (nSPS) is 28.9. The largest absolute Gasteiger partial charge is 0.379 e. The second-order valence-electron chi connectivity index (χ2n) is 3.97. The van der Waals surface area contributed by atoms with E-state index in [2.05, 4.69) is 4.90 Å². The number of halogens is 1. The number of carbonyl (C=O) groups is 1. The zero-order chi connectivity index (χ0) is 9.10. The van der Waals surface area contributed by atoms with E-state index in [9.17, 15) is 4.79 Å². The first-order chi connectivity index (χ1) is 6.36. The molecule has 3 nitrogen and oxygen atoms in total. The summed E-state index contributed by atoms with van der Waals surface area (Å²) in [6.07, 6.45) is 3.03. The van der Waals surface area contributed by atoms with Crippen LogP contribution in [0.1, 0.15) is 19.3 Å². The maximum atomic E-state index is 11.4. The summed E-state index contributed by atoms with van der Waals surface area (Å²) in [5.41, 5.74) is 0. The molecule has 1 unspecified atom stereocenters. The minimum Gasteiger partial charge on any atom is -0.379 e. The van der Waals surface area contributed by atoms with Gasteiger partial charge in [0.25, 0.3) is 0 Å². The van der Waals surface area contributed by atoms with Crippen LogP contribution in [-0.2, 0) is 9.53 Å². The summed E-state index contributed by atoms with van der Waals surface area (Å²) < 4.78 is 5.26. The Bertz CT molecular complexity index is 193. The van der Waals surface area contributed by atoms with Gasteiger partial charge in [0.1, 0.15) is 5.78 Å². The summed E-state index contributed by atoms with van der Waals surface area (Å²) in [5, 5.41) is 0. The highest BCUT2D eigenvalue weighted by atomic mass is 35.5. The van der Waals surface area contributed by atoms with Gasteiger partial charge in [0, 0.05) is 32.0 Å². The fourth-order valence-electron chi connectivity index (χ4n) is 2.18. The molecule has 82 valence electrons. The lowest BCUT2D eigenvalue weighted by Gasteiger charge is -2.28. The van der Waals surface area contributed by atoms with Crippen molar-refractivity contribution >= 4 is 18.2 Å². The summed E-state index contributed by atoms with van der Waals surface area (Å²) in [6.45, 7) is 4.65. The Hall–Kier alpha value is -0.120. The summed E-state index contributed by atoms with van der Waals surface area (Å²) in [7, 11) is 0. The number of hydrogen-bond donors (Lipinski definition) is 0. The number of nitrogens with zero attached hydrogens (tertiary/aromatic N) is 1. The van der Waals surface area contributed by atoms with E-state index in [0.29, 0.717) is 11.7 Å². The highest BCUT2D eigenvalue weighted by Gasteiger charge is 2.26. The Kier molecular flexibility index (Phi) is 4.85. The van der Waals surface area contributed by atoms with Crippen molar-refractivity contribution in [2.75, 3.05) is 32.8 Å². The van der Waals surface area contributed by atoms with Gasteiger partial charge < -0.3 is 4.74 Å². The standard InChI is InChI=1S/C10H17NO2.ClH/c12-10-3-1-2-9(10)8-11-4-6-13-7-5-11;/h9H,1-8H2;1H. The van der Waals surface area contributed by atoms with Crippen molar-refractivity contribution in [2.45, 2.75) is 19.3 Å². The molecule has 0 bridgehead atoms. The average molecular weight is 220 g/mol. The number of rotatable bonds is 2. The number of carbonyl (C=O) groups excluding carboxylic acids is 1. The number of hydrogen-bond acceptors (Lipinski definition) is 3. The topological polar surface area (TPSA) is 29.5 Å². The molecule has 2 rings (SSSR count). The van der Waals surface area contributed by atoms with Crippen LogP contribution in [0.3, 0.4) is 0 Å². The molecule has 0 spiro atoms. The van der Waals surface area contributed by atoms with E-state index in [4.69, 9.17) is 4.74 Å². The molecule has 0 aromatic heterocycles. The Morgan fingerprint density at radius 2 is 2.07 bits per heavy atom. The van der Waals surface area contributed by atoms with Crippen molar-refractivity contribution in [3.05, 3.63) is 0 Å². The van der Waals surface area contributed by atoms with Crippen LogP contribution in [0.2, 0.25) is 0 Å². The molecule has 0 N–H and O–H groups in total. The lowest BCUT2D eigenvalue weighted by Crippen LogP contribution is -2.40. The van der Waals surface area contributed by atoms with Gasteiger partial charge in [0.2, 0.25) is 0 Å². The van der Waals surface area contributed by atoms with Crippen molar-refractivity contribution in [3.8, 4) is 0 Å². The predicted octanol–water partition coefficient (Wildman–Crippen LogP) is 1.11. The highest BCUT2D eigenvalue weighted by molar-refractivity contribution is 5.85. The molecule has 1 atom stereocenters. The van der Waals surface area contributed by atoms with Crippen LogP contribution in [-0.4, -0.2) is 43.5 Å². The maximum Gasteiger partial charge on any atom is 0.137 e. The van der Waals surface area contributed by atoms with Crippen molar-refractivity contribution in [1.29, 1.82) is 0 Å². The van der Waals surface area contributed by atoms with Gasteiger partial charge in [-0.05, 0) is 12.8 Å². The Labute approximate surface area is 91.2 Å². The number of ketones is 1. The molecule has 14 heavy (non-hydrogen) atoms. The zero-order valence-corrected chi connectivity index (χ0v) is 9.22. The van der Waals surface area contributed by atoms with Crippen LogP contribution in [0.4, 0.5) is 0 Å². The van der Waals surface area contributed by atoms with Crippen LogP contribution in [0.25, 0.3) is 0 Å². The quantitative estimate of drug-likeness (QED) is 0.697. The zero-order valence-electron chi connectivity index (χ0n) is 8.41. The molecule has 2 aliphatic rings. The number of ether oxygens (including phenoxy) is 1. The first-order valence-electron chi connectivity index (χ1n) is 5.19. The summed E-state index contributed by atoms with van der Waals surface area (Å²) >= 11 is 0. The summed E-state index contributed by atoms with van der Waals surface area (Å²) in [6, 6.07) is 0. The fourth-order valence-corrected chi connectivity index (χ4v) is 2.18. The molecule has 1 aliphatic heterocycles. The average Bonchev–Trinajstić information content (AvgIpc) is 2.54. The Morgan fingerprint density at radius 3 is 2.64 bits per heavy atom. The number of Topliss-reactive ketones (excluding diaryl/α,β-unsaturated/α-hetero) is 1. The van der Waals surface area contributed by atoms with Gasteiger partial charge in [-0.1, -0.05) is 0 Å². The first kappa shape index (κ1) is 12.0. The lowest BCUT2D eigenvalue weighted by atomic mass is 10.1. The minimum absolute atomic E-state index is 0. The van der Waals surface area contributed by atoms with Gasteiger partial charge in [0.15, 0.2) is 0 Å². The molecule has 1 saturated heterocycles. The Balaban J connectivity index is 0.000000980. The van der Waals surface area contributed by atoms with Crippen LogP contribution >= 0.6 is 12.4 Å². The molecule has 1 saturated carbocycles. The van der Waals surface area contributed by atoms with Gasteiger partial charge in [0.05, 0.1) is 13.2 Å². The second-order valence-corrected chi connectivity index (χ2v) is 3.97. The van der Waals surface area contributed by atoms with Gasteiger partial charge in [-0.25, -0.2) is 0 Å². The maximum absolute atomic E-state index is 11.4. The molecule has 0 radical (unpaired) electrons. The van der Waals surface area contributed by atoms with E-state index >= 15 is 0 Å². The minimum atomic E-state index is 0. The van der Waals surface area contributed by atoms with Crippen LogP contribution in [0.15, 0.2) is 0 Å². The molecule has 4 heteroatoms. The third kappa shape index (κ3) is 2.94. The van der Waals surface area contributed by atoms with E-state index in [1.165, 1.54) is 0 Å². The number of morpholine rings is 1. The van der Waals surface area contributed by atoms with Crippen molar-refractivity contribution < 1.29 is 9.53 Å². The lowest BCUT2D eigenvalue weighted by molar-refractivity contribution is -0.121. The second kappa shape index (κ2) is 5.69. The third-order valence-corrected chi connectivity index (χ3v) is 3.01. The van der Waals surface area contributed by atoms with Gasteiger partial charge >= 0.3 is 0 Å². The highest BCUT2D eigenvalue weighted by Crippen LogP contribution is 2.22. The summed E-state index contributed by atoms with van der Waals surface area (Å²) in [5.74, 6) is 0.810. The third-order valence-electron chi connectivity index (χ3n) is 3.01. The predicted molar refractivity (Wildman–Crippen MR) is 56.9 cm³/mol. The monoisotopic (exact) mass is 219 g/mol. The van der Waals surface area contributed by atoms with Gasteiger partial charge in [-0.2, -0.15) is 0 Å². The van der Waals surface area contributed by atoms with E-state index < -0.39 is 0 Å². The van der Waals surface area contributed by atoms with Gasteiger partial charge in [-0.3, -0.25) is 9.69 Å². The van der Waals surface area contributed by atoms with Gasteiger partial charge in [-0.15, -0.1) is 12.4 Å². The van der Waals surface area contributed by atoms with Crippen LogP contribution in [0, 0.1) is 5.92 Å². The molecule has 1 heterocycles. The van der Waals surface area contributed by atoms with E-state index in [0.717, 1.165) is 52.1 Å². The van der Waals surface area contributed by atoms with E-state index in [1.807, 2.05) is 0 Å². The smallest absolute Gasteiger partial charge is 0.137 e. The van der Waals surface area contributed by atoms with Crippen LogP contribution < -0.4 is 0 Å². The molecule has 0 amide bonds.